The number of ketones is 1. The summed E-state index contributed by atoms with van der Waals surface area (Å²) in [6.45, 7) is 10.3. The van der Waals surface area contributed by atoms with Crippen LogP contribution in [-0.4, -0.2) is 114 Å². The van der Waals surface area contributed by atoms with Gasteiger partial charge < -0.3 is 36.2 Å². The van der Waals surface area contributed by atoms with E-state index >= 15 is 0 Å². The van der Waals surface area contributed by atoms with Crippen molar-refractivity contribution in [1.82, 2.24) is 26.2 Å². The minimum absolute atomic E-state index is 0.0279. The number of carbonyl (C=O) groups excluding carboxylic acids is 5. The number of benzene rings is 2. The molecular formula is C40H59N5O8. The Morgan fingerprint density at radius 3 is 1.77 bits per heavy atom. The number of aryl methyl sites for hydroxylation is 1. The molecule has 0 aromatic heterocycles. The molecule has 13 nitrogen and oxygen atoms in total. The minimum Gasteiger partial charge on any atom is -0.393 e. The van der Waals surface area contributed by atoms with Gasteiger partial charge in [-0.2, -0.15) is 0 Å². The molecule has 53 heavy (non-hydrogen) atoms. The zero-order chi connectivity index (χ0) is 39.0. The molecule has 1 aliphatic rings. The third kappa shape index (κ3) is 15.0. The van der Waals surface area contributed by atoms with Gasteiger partial charge in [0.2, 0.25) is 23.6 Å². The zero-order valence-electron chi connectivity index (χ0n) is 31.8. The van der Waals surface area contributed by atoms with E-state index < -0.39 is 59.9 Å². The molecule has 4 amide bonds. The zero-order valence-corrected chi connectivity index (χ0v) is 31.8. The summed E-state index contributed by atoms with van der Waals surface area (Å²) in [7, 11) is 0. The van der Waals surface area contributed by atoms with Crippen molar-refractivity contribution in [3.8, 4) is 0 Å². The van der Waals surface area contributed by atoms with Crippen LogP contribution >= 0.6 is 0 Å². The number of rotatable bonds is 21. The largest absolute Gasteiger partial charge is 0.393 e. The number of aliphatic hydroxyl groups is 2. The van der Waals surface area contributed by atoms with Crippen molar-refractivity contribution in [2.45, 2.75) is 96.5 Å². The summed E-state index contributed by atoms with van der Waals surface area (Å²) < 4.78 is 5.39. The van der Waals surface area contributed by atoms with E-state index in [4.69, 9.17) is 4.74 Å². The Balaban J connectivity index is 1.84. The van der Waals surface area contributed by atoms with Crippen LogP contribution in [0.2, 0.25) is 0 Å². The monoisotopic (exact) mass is 737 g/mol. The van der Waals surface area contributed by atoms with Crippen molar-refractivity contribution >= 4 is 29.4 Å². The number of ether oxygens (including phenoxy) is 1. The molecule has 3 rings (SSSR count). The summed E-state index contributed by atoms with van der Waals surface area (Å²) in [6.07, 6.45) is 1.33. The predicted octanol–water partition coefficient (Wildman–Crippen LogP) is 1.54. The van der Waals surface area contributed by atoms with Crippen LogP contribution in [0.4, 0.5) is 0 Å². The maximum Gasteiger partial charge on any atom is 0.243 e. The quantitative estimate of drug-likeness (QED) is 0.111. The highest BCUT2D eigenvalue weighted by atomic mass is 16.5. The second kappa shape index (κ2) is 21.5. The topological polar surface area (TPSA) is 186 Å². The van der Waals surface area contributed by atoms with Gasteiger partial charge in [-0.25, -0.2) is 0 Å². The second-order valence-electron chi connectivity index (χ2n) is 15.0. The van der Waals surface area contributed by atoms with Crippen molar-refractivity contribution in [3.05, 3.63) is 71.8 Å². The lowest BCUT2D eigenvalue weighted by Crippen LogP contribution is -2.60. The van der Waals surface area contributed by atoms with Gasteiger partial charge in [0.05, 0.1) is 32.4 Å². The number of nitrogens with one attached hydrogen (secondary N) is 4. The molecule has 2 aromatic carbocycles. The number of carbonyl (C=O) groups is 5. The van der Waals surface area contributed by atoms with Crippen molar-refractivity contribution in [2.75, 3.05) is 39.5 Å². The first-order valence-electron chi connectivity index (χ1n) is 18.6. The summed E-state index contributed by atoms with van der Waals surface area (Å²) in [6, 6.07) is 14.4. The van der Waals surface area contributed by atoms with Crippen LogP contribution in [0.5, 0.6) is 0 Å². The second-order valence-corrected chi connectivity index (χ2v) is 15.0. The first-order valence-corrected chi connectivity index (χ1v) is 18.6. The average molecular weight is 738 g/mol. The van der Waals surface area contributed by atoms with E-state index in [1.165, 1.54) is 6.92 Å². The van der Waals surface area contributed by atoms with Crippen molar-refractivity contribution in [2.24, 2.45) is 11.8 Å². The van der Waals surface area contributed by atoms with Crippen LogP contribution in [0.15, 0.2) is 60.7 Å². The summed E-state index contributed by atoms with van der Waals surface area (Å²) in [5.74, 6) is -2.89. The normalized spacial score (nSPS) is 16.8. The van der Waals surface area contributed by atoms with Gasteiger partial charge in [-0.1, -0.05) is 88.4 Å². The average Bonchev–Trinajstić information content (AvgIpc) is 3.12. The van der Waals surface area contributed by atoms with E-state index in [-0.39, 0.29) is 43.6 Å². The van der Waals surface area contributed by atoms with Gasteiger partial charge >= 0.3 is 0 Å². The van der Waals surface area contributed by atoms with E-state index in [0.717, 1.165) is 11.1 Å². The molecule has 1 aliphatic heterocycles. The van der Waals surface area contributed by atoms with E-state index in [9.17, 15) is 34.2 Å². The number of Topliss-reactive ketones (excluding diaryl/α,β-unsaturated/α-hetero) is 1. The molecule has 0 aliphatic carbocycles. The Kier molecular flexibility index (Phi) is 17.5. The molecule has 2 aromatic rings. The molecule has 0 bridgehead atoms. The molecule has 0 spiro atoms. The number of hydrogen-bond acceptors (Lipinski definition) is 9. The first-order chi connectivity index (χ1) is 25.2. The molecule has 1 saturated heterocycles. The third-order valence-electron chi connectivity index (χ3n) is 9.12. The lowest BCUT2D eigenvalue weighted by Gasteiger charge is -2.30. The fraction of sp³-hybridized carbons (Fsp3) is 0.575. The van der Waals surface area contributed by atoms with Crippen LogP contribution in [0.3, 0.4) is 0 Å². The van der Waals surface area contributed by atoms with Crippen molar-refractivity contribution in [1.29, 1.82) is 0 Å². The van der Waals surface area contributed by atoms with E-state index in [1.54, 1.807) is 12.1 Å². The fourth-order valence-electron chi connectivity index (χ4n) is 6.16. The first kappa shape index (κ1) is 43.2. The maximum atomic E-state index is 14.1. The van der Waals surface area contributed by atoms with E-state index in [0.29, 0.717) is 39.1 Å². The molecule has 292 valence electrons. The smallest absolute Gasteiger partial charge is 0.243 e. The predicted molar refractivity (Wildman–Crippen MR) is 202 cm³/mol. The van der Waals surface area contributed by atoms with Crippen LogP contribution < -0.4 is 21.3 Å². The lowest BCUT2D eigenvalue weighted by atomic mass is 9.90. The Bertz CT molecular complexity index is 1460. The number of nitrogens with zero attached hydrogens (tertiary/aromatic N) is 1. The summed E-state index contributed by atoms with van der Waals surface area (Å²) in [4.78, 5) is 70.2. The van der Waals surface area contributed by atoms with E-state index in [1.807, 2.05) is 81.1 Å². The van der Waals surface area contributed by atoms with Crippen LogP contribution in [0.25, 0.3) is 0 Å². The maximum absolute atomic E-state index is 14.1. The molecule has 6 N–H and O–H groups in total. The van der Waals surface area contributed by atoms with Crippen molar-refractivity contribution in [3.63, 3.8) is 0 Å². The summed E-state index contributed by atoms with van der Waals surface area (Å²) in [5.41, 5.74) is -0.337. The summed E-state index contributed by atoms with van der Waals surface area (Å²) in [5, 5.41) is 31.5. The fourth-order valence-corrected chi connectivity index (χ4v) is 6.16. The third-order valence-corrected chi connectivity index (χ3v) is 9.12. The number of aliphatic hydroxyl groups excluding tert-OH is 1. The molecule has 5 atom stereocenters. The highest BCUT2D eigenvalue weighted by Crippen LogP contribution is 2.16. The Morgan fingerprint density at radius 1 is 0.717 bits per heavy atom. The van der Waals surface area contributed by atoms with Crippen molar-refractivity contribution < 1.29 is 38.9 Å². The molecule has 13 heteroatoms. The Morgan fingerprint density at radius 2 is 1.21 bits per heavy atom. The molecular weight excluding hydrogens is 678 g/mol. The SMILES string of the molecule is CC(C)CC(NC(=O)[C@H](CCc1ccccc1)NC(=O)CN1CCOCC1)C(=O)N[C@@H](Cc1ccccc1)C(=O)N[C@@H](CC(C)C)C(=O)C(C)(O)CO. The summed E-state index contributed by atoms with van der Waals surface area (Å²) >= 11 is 0. The Hall–Kier alpha value is -4.17. The van der Waals surface area contributed by atoms with Gasteiger partial charge in [0.15, 0.2) is 5.78 Å². The molecule has 2 unspecified atom stereocenters. The van der Waals surface area contributed by atoms with Gasteiger partial charge in [-0.05, 0) is 55.6 Å². The molecule has 0 saturated carbocycles. The van der Waals surface area contributed by atoms with Gasteiger partial charge in [-0.3, -0.25) is 28.9 Å². The highest BCUT2D eigenvalue weighted by Gasteiger charge is 2.38. The van der Waals surface area contributed by atoms with Gasteiger partial charge in [0.1, 0.15) is 23.7 Å². The van der Waals surface area contributed by atoms with E-state index in [2.05, 4.69) is 21.3 Å². The molecule has 1 fully saturated rings. The standard InChI is InChI=1S/C40H59N5O8/c1-27(2)22-32(36(48)40(5,52)26-46)42-39(51)34(24-30-14-10-7-11-15-30)44-38(50)33(23-28(3)4)43-37(49)31(17-16-29-12-8-6-9-13-29)41-35(47)25-45-18-20-53-21-19-45/h6-15,27-28,31-34,46,52H,16-26H2,1-5H3,(H,41,47)(H,42,51)(H,43,49)(H,44,50)/t31-,32-,33?,34-,40?/m0/s1. The number of hydrogen-bond donors (Lipinski definition) is 6. The number of morpholine rings is 1. The highest BCUT2D eigenvalue weighted by molar-refractivity contribution is 5.97. The van der Waals surface area contributed by atoms with Gasteiger partial charge in [0.25, 0.3) is 0 Å². The minimum atomic E-state index is -2.08. The van der Waals surface area contributed by atoms with Crippen LogP contribution in [0, 0.1) is 11.8 Å². The number of amides is 4. The van der Waals surface area contributed by atoms with Crippen LogP contribution in [0.1, 0.15) is 65.0 Å². The van der Waals surface area contributed by atoms with Gasteiger partial charge in [0, 0.05) is 19.5 Å². The van der Waals surface area contributed by atoms with Crippen LogP contribution in [-0.2, 0) is 41.6 Å². The lowest BCUT2D eigenvalue weighted by molar-refractivity contribution is -0.144. The molecule has 0 radical (unpaired) electrons. The van der Waals surface area contributed by atoms with Gasteiger partial charge in [-0.15, -0.1) is 0 Å². The Labute approximate surface area is 313 Å². The molecule has 1 heterocycles.